The lowest BCUT2D eigenvalue weighted by Crippen LogP contribution is -2.53. The third-order valence-electron chi connectivity index (χ3n) is 13.1. The summed E-state index contributed by atoms with van der Waals surface area (Å²) in [5, 5.41) is 8.38. The number of rotatable bonds is 21. The molecule has 0 aromatic heterocycles. The molecular formula is C54H60N8O11. The molecule has 19 nitrogen and oxygen atoms in total. The smallest absolute Gasteiger partial charge is 0.260 e. The Balaban J connectivity index is 0.820. The van der Waals surface area contributed by atoms with Crippen molar-refractivity contribution in [2.75, 3.05) is 39.3 Å². The van der Waals surface area contributed by atoms with Crippen molar-refractivity contribution < 1.29 is 52.5 Å². The van der Waals surface area contributed by atoms with Gasteiger partial charge in [-0.15, -0.1) is 0 Å². The van der Waals surface area contributed by atoms with Crippen LogP contribution in [0.1, 0.15) is 98.9 Å². The number of unbranched alkanes of at least 4 members (excludes halogenated alkanes) is 2. The number of hydrogen-bond acceptors (Lipinski definition) is 13. The van der Waals surface area contributed by atoms with E-state index in [4.69, 9.17) is 23.9 Å². The van der Waals surface area contributed by atoms with Gasteiger partial charge in [-0.3, -0.25) is 48.4 Å². The van der Waals surface area contributed by atoms with Crippen LogP contribution in [0.15, 0.2) is 88.6 Å². The summed E-state index contributed by atoms with van der Waals surface area (Å²) in [7, 11) is 3.02. The van der Waals surface area contributed by atoms with Crippen molar-refractivity contribution >= 4 is 76.4 Å². The van der Waals surface area contributed by atoms with Gasteiger partial charge in [-0.1, -0.05) is 38.0 Å². The summed E-state index contributed by atoms with van der Waals surface area (Å²) in [6.07, 6.45) is 13.2. The van der Waals surface area contributed by atoms with Crippen molar-refractivity contribution in [3.05, 3.63) is 95.3 Å². The molecule has 4 atom stereocenters. The minimum Gasteiger partial charge on any atom is -0.493 e. The Morgan fingerprint density at radius 3 is 1.90 bits per heavy atom. The summed E-state index contributed by atoms with van der Waals surface area (Å²) in [5.74, 6) is -0.991. The number of fused-ring (bicyclic) bond motifs is 4. The first-order chi connectivity index (χ1) is 35.1. The van der Waals surface area contributed by atoms with E-state index < -0.39 is 23.9 Å². The van der Waals surface area contributed by atoms with E-state index in [2.05, 4.69) is 20.9 Å². The van der Waals surface area contributed by atoms with Crippen LogP contribution in [0.3, 0.4) is 0 Å². The molecule has 382 valence electrons. The third-order valence-corrected chi connectivity index (χ3v) is 13.1. The Hall–Kier alpha value is -8.09. The van der Waals surface area contributed by atoms with Crippen LogP contribution >= 0.6 is 0 Å². The summed E-state index contributed by atoms with van der Waals surface area (Å²) in [6, 6.07) is 11.6. The predicted octanol–water partition coefficient (Wildman–Crippen LogP) is 6.43. The number of carbonyl (C=O) groups is 7. The van der Waals surface area contributed by atoms with Crippen molar-refractivity contribution in [2.24, 2.45) is 15.9 Å². The highest BCUT2D eigenvalue weighted by Gasteiger charge is 2.35. The second-order valence-corrected chi connectivity index (χ2v) is 18.8. The van der Waals surface area contributed by atoms with E-state index in [9.17, 15) is 33.6 Å². The van der Waals surface area contributed by atoms with Gasteiger partial charge >= 0.3 is 0 Å². The average molecular weight is 997 g/mol. The van der Waals surface area contributed by atoms with Crippen LogP contribution in [0.2, 0.25) is 0 Å². The maximum atomic E-state index is 14.1. The first-order valence-electron chi connectivity index (χ1n) is 24.5. The van der Waals surface area contributed by atoms with Crippen molar-refractivity contribution in [1.29, 1.82) is 0 Å². The van der Waals surface area contributed by atoms with E-state index in [0.717, 1.165) is 28.0 Å². The number of anilines is 1. The summed E-state index contributed by atoms with van der Waals surface area (Å²) in [6.45, 7) is 7.96. The fourth-order valence-corrected chi connectivity index (χ4v) is 9.13. The zero-order valence-corrected chi connectivity index (χ0v) is 41.8. The molecule has 0 aliphatic carbocycles. The van der Waals surface area contributed by atoms with E-state index in [-0.39, 0.29) is 73.7 Å². The van der Waals surface area contributed by atoms with Crippen molar-refractivity contribution in [1.82, 2.24) is 25.3 Å². The molecule has 0 saturated carbocycles. The average Bonchev–Trinajstić information content (AvgIpc) is 4.03. The second-order valence-electron chi connectivity index (χ2n) is 18.8. The Morgan fingerprint density at radius 2 is 1.30 bits per heavy atom. The Bertz CT molecular complexity index is 2850. The number of aliphatic imine (C=N–C) groups is 2. The van der Waals surface area contributed by atoms with Gasteiger partial charge in [0, 0.05) is 80.6 Å². The van der Waals surface area contributed by atoms with Gasteiger partial charge in [0.1, 0.15) is 12.1 Å². The van der Waals surface area contributed by atoms with Gasteiger partial charge in [0.05, 0.1) is 62.0 Å². The Morgan fingerprint density at radius 1 is 0.699 bits per heavy atom. The van der Waals surface area contributed by atoms with E-state index in [0.29, 0.717) is 83.3 Å². The van der Waals surface area contributed by atoms with Gasteiger partial charge in [-0.25, -0.2) is 0 Å². The zero-order valence-electron chi connectivity index (χ0n) is 41.8. The molecule has 0 saturated heterocycles. The lowest BCUT2D eigenvalue weighted by molar-refractivity contribution is -0.137. The minimum atomic E-state index is -0.944. The number of ether oxygens (including phenoxy) is 4. The third kappa shape index (κ3) is 11.7. The van der Waals surface area contributed by atoms with Gasteiger partial charge < -0.3 is 44.7 Å². The zero-order chi connectivity index (χ0) is 51.9. The first kappa shape index (κ1) is 51.3. The van der Waals surface area contributed by atoms with Crippen molar-refractivity contribution in [2.45, 2.75) is 96.8 Å². The molecule has 0 bridgehead atoms. The molecule has 5 aliphatic rings. The lowest BCUT2D eigenvalue weighted by Gasteiger charge is -2.24. The summed E-state index contributed by atoms with van der Waals surface area (Å²) >= 11 is 0. The maximum Gasteiger partial charge on any atom is 0.260 e. The number of hydrogen-bond donors (Lipinski definition) is 3. The van der Waals surface area contributed by atoms with Gasteiger partial charge in [0.15, 0.2) is 23.0 Å². The number of amides is 7. The van der Waals surface area contributed by atoms with Crippen molar-refractivity contribution in [3.63, 3.8) is 0 Å². The molecule has 0 unspecified atom stereocenters. The molecule has 0 radical (unpaired) electrons. The summed E-state index contributed by atoms with van der Waals surface area (Å²) in [5.41, 5.74) is 4.95. The van der Waals surface area contributed by atoms with Gasteiger partial charge in [0.2, 0.25) is 17.7 Å². The standard InChI is InChI=1S/C54H60N8O11/c1-31(2)50(59-47(63)14-8-7-9-17-60-48(64)15-16-49(60)65)52(67)57-33(4)51(66)58-36-13-10-12-34(21-36)35-22-38-28-56-42-26-46(44(71-6)24-40(42)54(69)62(38)30-35)73-19-11-18-72-45-25-41-39(23-43(45)70-5)53(68)61-29-32(3)20-37(61)27-55-41/h10,12-13,15-16,21,23-31,33,37-38,50H,7-9,11,14,17-20,22H2,1-6H3,(H,57,67)(H,58,66)(H,59,63)/t33-,37-,38-,50-/m0/s1. The molecule has 3 aromatic carbocycles. The minimum absolute atomic E-state index is 0.122. The van der Waals surface area contributed by atoms with Crippen LogP contribution in [0.25, 0.3) is 5.57 Å². The van der Waals surface area contributed by atoms with Crippen LogP contribution in [0.5, 0.6) is 23.0 Å². The monoisotopic (exact) mass is 996 g/mol. The van der Waals surface area contributed by atoms with E-state index in [1.807, 2.05) is 19.2 Å². The summed E-state index contributed by atoms with van der Waals surface area (Å²) in [4.78, 5) is 104. The topological polar surface area (TPSA) is 227 Å². The van der Waals surface area contributed by atoms with Gasteiger partial charge in [0.25, 0.3) is 23.6 Å². The number of nitrogens with one attached hydrogen (secondary N) is 3. The molecule has 7 amide bonds. The van der Waals surface area contributed by atoms with E-state index >= 15 is 0 Å². The van der Waals surface area contributed by atoms with Crippen LogP contribution in [0, 0.1) is 5.92 Å². The molecule has 0 fully saturated rings. The number of imide groups is 1. The van der Waals surface area contributed by atoms with Crippen molar-refractivity contribution in [3.8, 4) is 23.0 Å². The first-order valence-corrected chi connectivity index (χ1v) is 24.5. The number of methoxy groups -OCH3 is 2. The predicted molar refractivity (Wildman–Crippen MR) is 273 cm³/mol. The molecule has 5 aliphatic heterocycles. The SMILES string of the molecule is COc1cc2c(cc1OCCCOc1cc3c(cc1OC)C(=O)N1C=C(c4cccc(NC(=O)[C@H](C)NC(=O)[C@@H](NC(=O)CCCCCN5C(=O)C=CC5=O)C(C)C)c4)C[C@H]1C=N3)N=C[C@@H]1CC(C)=CN1C2=O. The van der Waals surface area contributed by atoms with Crippen LogP contribution in [-0.4, -0.2) is 127 Å². The van der Waals surface area contributed by atoms with Crippen LogP contribution in [-0.2, 0) is 24.0 Å². The Kier molecular flexibility index (Phi) is 15.8. The van der Waals surface area contributed by atoms with Crippen LogP contribution < -0.4 is 34.9 Å². The molecule has 3 N–H and O–H groups in total. The van der Waals surface area contributed by atoms with Crippen LogP contribution in [0.4, 0.5) is 17.1 Å². The molecule has 73 heavy (non-hydrogen) atoms. The van der Waals surface area contributed by atoms with E-state index in [1.54, 1.807) is 91.7 Å². The highest BCUT2D eigenvalue weighted by Crippen LogP contribution is 2.41. The fourth-order valence-electron chi connectivity index (χ4n) is 9.13. The summed E-state index contributed by atoms with van der Waals surface area (Å²) < 4.78 is 23.5. The number of benzene rings is 3. The second kappa shape index (κ2) is 22.5. The fraction of sp³-hybridized carbons (Fsp3) is 0.389. The quantitative estimate of drug-likeness (QED) is 0.0779. The molecule has 19 heteroatoms. The molecule has 3 aromatic rings. The van der Waals surface area contributed by atoms with E-state index in [1.165, 1.54) is 26.4 Å². The normalized spacial score (nSPS) is 18.3. The molecule has 5 heterocycles. The van der Waals surface area contributed by atoms with Gasteiger partial charge in [-0.05, 0) is 74.4 Å². The molecule has 0 spiro atoms. The number of nitrogens with zero attached hydrogens (tertiary/aromatic N) is 5. The Labute approximate surface area is 423 Å². The molecule has 8 rings (SSSR count). The highest BCUT2D eigenvalue weighted by molar-refractivity contribution is 6.13. The molecular weight excluding hydrogens is 937 g/mol. The highest BCUT2D eigenvalue weighted by atomic mass is 16.5. The largest absolute Gasteiger partial charge is 0.493 e. The lowest BCUT2D eigenvalue weighted by atomic mass is 10.0. The van der Waals surface area contributed by atoms with Gasteiger partial charge in [-0.2, -0.15) is 0 Å². The number of carbonyl (C=O) groups excluding carboxylic acids is 7. The maximum absolute atomic E-state index is 14.1.